The average molecular weight is 259 g/mol. The van der Waals surface area contributed by atoms with Crippen LogP contribution in [0.2, 0.25) is 0 Å². The number of rotatable bonds is 4. The molecule has 4 N–H and O–H groups in total. The van der Waals surface area contributed by atoms with Gasteiger partial charge >= 0.3 is 5.97 Å². The number of sulfonamides is 1. The Morgan fingerprint density at radius 3 is 2.41 bits per heavy atom. The van der Waals surface area contributed by atoms with E-state index in [4.69, 9.17) is 10.2 Å². The molecule has 7 nitrogen and oxygen atoms in total. The van der Waals surface area contributed by atoms with Gasteiger partial charge in [0.05, 0.1) is 16.1 Å². The first-order chi connectivity index (χ1) is 7.71. The standard InChI is InChI=1S/C9H13N3O4S/c1-12(2)11-8-4-3-6(17(10,15)16)5-7(8)9(13)14/h3-5,11H,1-2H3,(H,13,14)(H2,10,15,16). The molecule has 1 aromatic rings. The number of aromatic carboxylic acids is 1. The molecule has 0 radical (unpaired) electrons. The fraction of sp³-hybridized carbons (Fsp3) is 0.222. The molecule has 0 aliphatic rings. The van der Waals surface area contributed by atoms with Crippen molar-refractivity contribution in [1.82, 2.24) is 5.01 Å². The van der Waals surface area contributed by atoms with E-state index in [1.54, 1.807) is 19.1 Å². The predicted molar refractivity (Wildman–Crippen MR) is 62.1 cm³/mol. The van der Waals surface area contributed by atoms with Gasteiger partial charge in [0.2, 0.25) is 10.0 Å². The maximum Gasteiger partial charge on any atom is 0.337 e. The number of nitrogens with two attached hydrogens (primary N) is 1. The molecule has 1 rings (SSSR count). The molecule has 0 bridgehead atoms. The lowest BCUT2D eigenvalue weighted by Gasteiger charge is -2.15. The van der Waals surface area contributed by atoms with Gasteiger partial charge in [-0.2, -0.15) is 0 Å². The molecule has 17 heavy (non-hydrogen) atoms. The monoisotopic (exact) mass is 259 g/mol. The highest BCUT2D eigenvalue weighted by atomic mass is 32.2. The molecule has 0 aromatic heterocycles. The summed E-state index contributed by atoms with van der Waals surface area (Å²) in [5.74, 6) is -1.24. The fourth-order valence-corrected chi connectivity index (χ4v) is 1.76. The van der Waals surface area contributed by atoms with E-state index < -0.39 is 16.0 Å². The number of hydrogen-bond donors (Lipinski definition) is 3. The topological polar surface area (TPSA) is 113 Å². The van der Waals surface area contributed by atoms with Crippen molar-refractivity contribution < 1.29 is 18.3 Å². The van der Waals surface area contributed by atoms with Crippen molar-refractivity contribution in [3.8, 4) is 0 Å². The number of carbonyl (C=O) groups is 1. The summed E-state index contributed by atoms with van der Waals surface area (Å²) in [5.41, 5.74) is 2.88. The summed E-state index contributed by atoms with van der Waals surface area (Å²) in [5, 5.41) is 15.4. The molecule has 94 valence electrons. The van der Waals surface area contributed by atoms with Gasteiger partial charge in [-0.05, 0) is 18.2 Å². The van der Waals surface area contributed by atoms with Crippen LogP contribution < -0.4 is 10.6 Å². The van der Waals surface area contributed by atoms with Crippen molar-refractivity contribution in [3.05, 3.63) is 23.8 Å². The number of benzene rings is 1. The summed E-state index contributed by atoms with van der Waals surface area (Å²) in [6, 6.07) is 3.61. The average Bonchev–Trinajstić information content (AvgIpc) is 2.15. The minimum atomic E-state index is -3.91. The zero-order valence-electron chi connectivity index (χ0n) is 9.34. The van der Waals surface area contributed by atoms with Crippen LogP contribution in [0.15, 0.2) is 23.1 Å². The van der Waals surface area contributed by atoms with Gasteiger partial charge in [0.1, 0.15) is 0 Å². The molecular weight excluding hydrogens is 246 g/mol. The van der Waals surface area contributed by atoms with Gasteiger partial charge in [0, 0.05) is 14.1 Å². The molecule has 0 spiro atoms. The van der Waals surface area contributed by atoms with Gasteiger partial charge in [-0.1, -0.05) is 0 Å². The van der Waals surface area contributed by atoms with Crippen LogP contribution >= 0.6 is 0 Å². The highest BCUT2D eigenvalue weighted by Gasteiger charge is 2.16. The van der Waals surface area contributed by atoms with E-state index in [0.29, 0.717) is 0 Å². The van der Waals surface area contributed by atoms with Crippen molar-refractivity contribution in [2.45, 2.75) is 4.90 Å². The Hall–Kier alpha value is -1.64. The molecular formula is C9H13N3O4S. The Kier molecular flexibility index (Phi) is 3.71. The molecule has 8 heteroatoms. The summed E-state index contributed by atoms with van der Waals surface area (Å²) in [6.07, 6.45) is 0. The first-order valence-electron chi connectivity index (χ1n) is 4.56. The van der Waals surface area contributed by atoms with Crippen molar-refractivity contribution in [2.75, 3.05) is 19.5 Å². The summed E-state index contributed by atoms with van der Waals surface area (Å²) >= 11 is 0. The van der Waals surface area contributed by atoms with Crippen LogP contribution in [-0.2, 0) is 10.0 Å². The van der Waals surface area contributed by atoms with Crippen molar-refractivity contribution >= 4 is 21.7 Å². The third kappa shape index (κ3) is 3.41. The van der Waals surface area contributed by atoms with Crippen LogP contribution in [0.1, 0.15) is 10.4 Å². The maximum atomic E-state index is 11.1. The highest BCUT2D eigenvalue weighted by Crippen LogP contribution is 2.20. The second-order valence-corrected chi connectivity index (χ2v) is 5.13. The number of anilines is 1. The molecule has 0 heterocycles. The van der Waals surface area contributed by atoms with Crippen LogP contribution in [0.3, 0.4) is 0 Å². The molecule has 0 saturated heterocycles. The van der Waals surface area contributed by atoms with Gasteiger partial charge in [-0.3, -0.25) is 0 Å². The lowest BCUT2D eigenvalue weighted by Crippen LogP contribution is -2.22. The van der Waals surface area contributed by atoms with Crippen molar-refractivity contribution in [1.29, 1.82) is 0 Å². The minimum absolute atomic E-state index is 0.162. The number of nitrogens with one attached hydrogen (secondary N) is 1. The van der Waals surface area contributed by atoms with E-state index in [1.807, 2.05) is 0 Å². The van der Waals surface area contributed by atoms with Gasteiger partial charge < -0.3 is 10.5 Å². The number of carboxylic acids is 1. The zero-order chi connectivity index (χ0) is 13.2. The first-order valence-corrected chi connectivity index (χ1v) is 6.10. The van der Waals surface area contributed by atoms with E-state index in [0.717, 1.165) is 6.07 Å². The van der Waals surface area contributed by atoms with E-state index in [1.165, 1.54) is 12.1 Å². The first kappa shape index (κ1) is 13.4. The Bertz CT molecular complexity index is 539. The van der Waals surface area contributed by atoms with E-state index in [2.05, 4.69) is 5.43 Å². The van der Waals surface area contributed by atoms with Crippen molar-refractivity contribution in [2.24, 2.45) is 5.14 Å². The predicted octanol–water partition coefficient (Wildman–Crippen LogP) is -0.0793. The Morgan fingerprint density at radius 1 is 1.41 bits per heavy atom. The zero-order valence-corrected chi connectivity index (χ0v) is 10.2. The second-order valence-electron chi connectivity index (χ2n) is 3.56. The molecule has 0 atom stereocenters. The van der Waals surface area contributed by atoms with Gasteiger partial charge in [0.15, 0.2) is 0 Å². The summed E-state index contributed by atoms with van der Waals surface area (Å²) in [6.45, 7) is 0. The number of hydrazine groups is 1. The van der Waals surface area contributed by atoms with E-state index in [-0.39, 0.29) is 16.1 Å². The van der Waals surface area contributed by atoms with Crippen LogP contribution in [0, 0.1) is 0 Å². The molecule has 0 saturated carbocycles. The fourth-order valence-electron chi connectivity index (χ4n) is 1.22. The number of nitrogens with zero attached hydrogens (tertiary/aromatic N) is 1. The van der Waals surface area contributed by atoms with Crippen molar-refractivity contribution in [3.63, 3.8) is 0 Å². The lowest BCUT2D eigenvalue weighted by molar-refractivity contribution is 0.0697. The molecule has 0 amide bonds. The molecule has 1 aromatic carbocycles. The van der Waals surface area contributed by atoms with Crippen LogP contribution in [0.25, 0.3) is 0 Å². The maximum absolute atomic E-state index is 11.1. The Morgan fingerprint density at radius 2 is 2.00 bits per heavy atom. The van der Waals surface area contributed by atoms with E-state index in [9.17, 15) is 13.2 Å². The molecule has 0 aliphatic heterocycles. The SMILES string of the molecule is CN(C)Nc1ccc(S(N)(=O)=O)cc1C(=O)O. The number of hydrogen-bond acceptors (Lipinski definition) is 5. The van der Waals surface area contributed by atoms with E-state index >= 15 is 0 Å². The highest BCUT2D eigenvalue weighted by molar-refractivity contribution is 7.89. The quantitative estimate of drug-likeness (QED) is 0.652. The van der Waals surface area contributed by atoms with Crippen LogP contribution in [0.4, 0.5) is 5.69 Å². The summed E-state index contributed by atoms with van der Waals surface area (Å²) in [7, 11) is -0.549. The number of carboxylic acid groups (broad SMARTS) is 1. The summed E-state index contributed by atoms with van der Waals surface area (Å²) < 4.78 is 22.2. The number of primary sulfonamides is 1. The largest absolute Gasteiger partial charge is 0.478 e. The van der Waals surface area contributed by atoms with Crippen LogP contribution in [0.5, 0.6) is 0 Å². The smallest absolute Gasteiger partial charge is 0.337 e. The van der Waals surface area contributed by atoms with Crippen LogP contribution in [-0.4, -0.2) is 38.6 Å². The lowest BCUT2D eigenvalue weighted by atomic mass is 10.2. The molecule has 0 fully saturated rings. The van der Waals surface area contributed by atoms with Gasteiger partial charge in [-0.25, -0.2) is 23.4 Å². The minimum Gasteiger partial charge on any atom is -0.478 e. The normalized spacial score (nSPS) is 11.5. The third-order valence-corrected chi connectivity index (χ3v) is 2.81. The Labute approximate surface area is 98.9 Å². The Balaban J connectivity index is 3.32. The van der Waals surface area contributed by atoms with Gasteiger partial charge in [0.25, 0.3) is 0 Å². The molecule has 0 aliphatic carbocycles. The molecule has 0 unspecified atom stereocenters. The summed E-state index contributed by atoms with van der Waals surface area (Å²) in [4.78, 5) is 10.8. The third-order valence-electron chi connectivity index (χ3n) is 1.89. The second kappa shape index (κ2) is 4.70. The van der Waals surface area contributed by atoms with Gasteiger partial charge in [-0.15, -0.1) is 0 Å².